The highest BCUT2D eigenvalue weighted by atomic mass is 16.5. The molecule has 0 amide bonds. The van der Waals surface area contributed by atoms with E-state index in [9.17, 15) is 0 Å². The highest BCUT2D eigenvalue weighted by Crippen LogP contribution is 2.18. The Kier molecular flexibility index (Phi) is 5.08. The normalized spacial score (nSPS) is 15.0. The first-order valence-corrected chi connectivity index (χ1v) is 8.10. The molecule has 1 aliphatic heterocycles. The summed E-state index contributed by atoms with van der Waals surface area (Å²) in [4.78, 5) is 11.2. The summed E-state index contributed by atoms with van der Waals surface area (Å²) in [6, 6.07) is 8.19. The van der Waals surface area contributed by atoms with Crippen molar-refractivity contribution in [2.75, 3.05) is 31.2 Å². The Bertz CT molecular complexity index is 622. The first-order valence-electron chi connectivity index (χ1n) is 8.10. The van der Waals surface area contributed by atoms with Gasteiger partial charge in [0, 0.05) is 31.9 Å². The van der Waals surface area contributed by atoms with Gasteiger partial charge in [-0.3, -0.25) is 0 Å². The van der Waals surface area contributed by atoms with E-state index in [4.69, 9.17) is 9.47 Å². The Balaban J connectivity index is 1.66. The SMILES string of the molecule is CC(C)Oc1cccc(Cc2cnc(N3CCOCC3)nc2)c1. The maximum absolute atomic E-state index is 5.74. The summed E-state index contributed by atoms with van der Waals surface area (Å²) in [6.45, 7) is 7.26. The number of rotatable bonds is 5. The Morgan fingerprint density at radius 2 is 1.87 bits per heavy atom. The van der Waals surface area contributed by atoms with Crippen molar-refractivity contribution in [1.29, 1.82) is 0 Å². The molecule has 2 heterocycles. The molecule has 3 rings (SSSR count). The average Bonchev–Trinajstić information content (AvgIpc) is 2.56. The van der Waals surface area contributed by atoms with Crippen LogP contribution in [0.25, 0.3) is 0 Å². The van der Waals surface area contributed by atoms with Crippen molar-refractivity contribution in [3.05, 3.63) is 47.8 Å². The second-order valence-electron chi connectivity index (χ2n) is 5.98. The van der Waals surface area contributed by atoms with E-state index in [-0.39, 0.29) is 6.10 Å². The van der Waals surface area contributed by atoms with E-state index < -0.39 is 0 Å². The molecule has 0 saturated carbocycles. The molecule has 1 fully saturated rings. The van der Waals surface area contributed by atoms with Gasteiger partial charge in [0.15, 0.2) is 0 Å². The van der Waals surface area contributed by atoms with Crippen LogP contribution in [0, 0.1) is 0 Å². The van der Waals surface area contributed by atoms with Crippen molar-refractivity contribution in [2.24, 2.45) is 0 Å². The third-order valence-electron chi connectivity index (χ3n) is 3.66. The molecule has 0 unspecified atom stereocenters. The highest BCUT2D eigenvalue weighted by molar-refractivity contribution is 5.34. The van der Waals surface area contributed by atoms with Crippen LogP contribution in [0.15, 0.2) is 36.7 Å². The summed E-state index contributed by atoms with van der Waals surface area (Å²) in [5.74, 6) is 1.69. The highest BCUT2D eigenvalue weighted by Gasteiger charge is 2.13. The number of hydrogen-bond donors (Lipinski definition) is 0. The van der Waals surface area contributed by atoms with E-state index in [1.165, 1.54) is 5.56 Å². The van der Waals surface area contributed by atoms with E-state index in [0.717, 1.165) is 50.0 Å². The number of ether oxygens (including phenoxy) is 2. The van der Waals surface area contributed by atoms with Gasteiger partial charge in [0.25, 0.3) is 0 Å². The van der Waals surface area contributed by atoms with Gasteiger partial charge in [-0.1, -0.05) is 12.1 Å². The molecule has 23 heavy (non-hydrogen) atoms. The van der Waals surface area contributed by atoms with Crippen LogP contribution in [0.1, 0.15) is 25.0 Å². The van der Waals surface area contributed by atoms with E-state index in [2.05, 4.69) is 27.0 Å². The lowest BCUT2D eigenvalue weighted by Gasteiger charge is -2.26. The molecule has 0 aliphatic carbocycles. The van der Waals surface area contributed by atoms with Gasteiger partial charge in [0.1, 0.15) is 5.75 Å². The molecule has 1 aromatic heterocycles. The van der Waals surface area contributed by atoms with Crippen LogP contribution >= 0.6 is 0 Å². The number of hydrogen-bond acceptors (Lipinski definition) is 5. The molecule has 1 aromatic carbocycles. The predicted molar refractivity (Wildman–Crippen MR) is 90.1 cm³/mol. The minimum Gasteiger partial charge on any atom is -0.491 e. The van der Waals surface area contributed by atoms with Crippen LogP contribution in [0.3, 0.4) is 0 Å². The Hall–Kier alpha value is -2.14. The average molecular weight is 313 g/mol. The molecule has 1 aliphatic rings. The molecule has 0 N–H and O–H groups in total. The maximum atomic E-state index is 5.74. The lowest BCUT2D eigenvalue weighted by molar-refractivity contribution is 0.122. The van der Waals surface area contributed by atoms with E-state index in [1.54, 1.807) is 0 Å². The monoisotopic (exact) mass is 313 g/mol. The molecule has 0 radical (unpaired) electrons. The van der Waals surface area contributed by atoms with E-state index >= 15 is 0 Å². The van der Waals surface area contributed by atoms with Crippen LogP contribution in [0.5, 0.6) is 5.75 Å². The lowest BCUT2D eigenvalue weighted by atomic mass is 10.1. The standard InChI is InChI=1S/C18H23N3O2/c1-14(2)23-17-5-3-4-15(11-17)10-16-12-19-18(20-13-16)21-6-8-22-9-7-21/h3-5,11-14H,6-10H2,1-2H3. The first kappa shape index (κ1) is 15.7. The summed E-state index contributed by atoms with van der Waals surface area (Å²) in [5, 5.41) is 0. The van der Waals surface area contributed by atoms with Crippen LogP contribution in [-0.2, 0) is 11.2 Å². The summed E-state index contributed by atoms with van der Waals surface area (Å²) in [5.41, 5.74) is 2.30. The van der Waals surface area contributed by atoms with Gasteiger partial charge in [-0.05, 0) is 37.1 Å². The van der Waals surface area contributed by atoms with Gasteiger partial charge < -0.3 is 14.4 Å². The van der Waals surface area contributed by atoms with Crippen molar-refractivity contribution in [3.63, 3.8) is 0 Å². The fourth-order valence-electron chi connectivity index (χ4n) is 2.60. The third-order valence-corrected chi connectivity index (χ3v) is 3.66. The maximum Gasteiger partial charge on any atom is 0.225 e. The van der Waals surface area contributed by atoms with E-state index in [0.29, 0.717) is 0 Å². The van der Waals surface area contributed by atoms with Crippen molar-refractivity contribution in [2.45, 2.75) is 26.4 Å². The quantitative estimate of drug-likeness (QED) is 0.849. The molecule has 0 spiro atoms. The van der Waals surface area contributed by atoms with Crippen LogP contribution in [0.4, 0.5) is 5.95 Å². The van der Waals surface area contributed by atoms with Crippen molar-refractivity contribution < 1.29 is 9.47 Å². The van der Waals surface area contributed by atoms with Gasteiger partial charge in [0.05, 0.1) is 19.3 Å². The smallest absolute Gasteiger partial charge is 0.225 e. The Morgan fingerprint density at radius 1 is 1.13 bits per heavy atom. The van der Waals surface area contributed by atoms with Crippen molar-refractivity contribution in [1.82, 2.24) is 9.97 Å². The topological polar surface area (TPSA) is 47.5 Å². The third kappa shape index (κ3) is 4.42. The second-order valence-corrected chi connectivity index (χ2v) is 5.98. The van der Waals surface area contributed by atoms with Crippen molar-refractivity contribution >= 4 is 5.95 Å². The van der Waals surface area contributed by atoms with Crippen LogP contribution in [-0.4, -0.2) is 42.4 Å². The zero-order valence-corrected chi connectivity index (χ0v) is 13.7. The first-order chi connectivity index (χ1) is 11.2. The summed E-state index contributed by atoms with van der Waals surface area (Å²) in [7, 11) is 0. The largest absolute Gasteiger partial charge is 0.491 e. The molecule has 5 heteroatoms. The predicted octanol–water partition coefficient (Wildman–Crippen LogP) is 2.69. The Labute approximate surface area is 137 Å². The molecule has 0 atom stereocenters. The molecule has 1 saturated heterocycles. The number of nitrogens with zero attached hydrogens (tertiary/aromatic N) is 3. The number of benzene rings is 1. The van der Waals surface area contributed by atoms with Gasteiger partial charge >= 0.3 is 0 Å². The molecule has 122 valence electrons. The van der Waals surface area contributed by atoms with Gasteiger partial charge in [0.2, 0.25) is 5.95 Å². The van der Waals surface area contributed by atoms with Gasteiger partial charge in [-0.2, -0.15) is 0 Å². The molecule has 5 nitrogen and oxygen atoms in total. The minimum absolute atomic E-state index is 0.182. The lowest BCUT2D eigenvalue weighted by Crippen LogP contribution is -2.37. The molecular formula is C18H23N3O2. The molecule has 2 aromatic rings. The zero-order valence-electron chi connectivity index (χ0n) is 13.7. The number of anilines is 1. The Morgan fingerprint density at radius 3 is 2.57 bits per heavy atom. The van der Waals surface area contributed by atoms with Gasteiger partial charge in [-0.25, -0.2) is 9.97 Å². The van der Waals surface area contributed by atoms with Crippen LogP contribution < -0.4 is 9.64 Å². The summed E-state index contributed by atoms with van der Waals surface area (Å²) < 4.78 is 11.1. The van der Waals surface area contributed by atoms with E-state index in [1.807, 2.05) is 38.4 Å². The minimum atomic E-state index is 0.182. The molecular weight excluding hydrogens is 290 g/mol. The van der Waals surface area contributed by atoms with Crippen LogP contribution in [0.2, 0.25) is 0 Å². The number of morpholine rings is 1. The molecule has 0 bridgehead atoms. The second kappa shape index (κ2) is 7.42. The fraction of sp³-hybridized carbons (Fsp3) is 0.444. The fourth-order valence-corrected chi connectivity index (χ4v) is 2.60. The van der Waals surface area contributed by atoms with Gasteiger partial charge in [-0.15, -0.1) is 0 Å². The summed E-state index contributed by atoms with van der Waals surface area (Å²) >= 11 is 0. The van der Waals surface area contributed by atoms with Crippen molar-refractivity contribution in [3.8, 4) is 5.75 Å². The summed E-state index contributed by atoms with van der Waals surface area (Å²) in [6.07, 6.45) is 4.81. The zero-order chi connectivity index (χ0) is 16.1. The number of aromatic nitrogens is 2.